The van der Waals surface area contributed by atoms with E-state index in [0.717, 1.165) is 10.4 Å². The number of aliphatic hydroxyl groups is 1. The SMILES string of the molecule is O=C(NCC(O)COc1ccc2c(c1)OCO2)c1ccc(-c2ccc(F)cc2)s1. The molecule has 1 amide bonds. The zero-order valence-electron chi connectivity index (χ0n) is 15.3. The number of thiophene rings is 1. The van der Waals surface area contributed by atoms with Gasteiger partial charge in [-0.15, -0.1) is 11.3 Å². The first-order chi connectivity index (χ1) is 14.1. The molecule has 29 heavy (non-hydrogen) atoms. The molecule has 8 heteroatoms. The molecular formula is C21H18FNO5S. The highest BCUT2D eigenvalue weighted by Crippen LogP contribution is 2.35. The number of carbonyl (C=O) groups excluding carboxylic acids is 1. The standard InChI is InChI=1S/C21H18FNO5S/c22-14-3-1-13(2-4-14)19-7-8-20(29-19)21(25)23-10-15(24)11-26-16-5-6-17-18(9-16)28-12-27-17/h1-9,15,24H,10-12H2,(H,23,25). The summed E-state index contributed by atoms with van der Waals surface area (Å²) in [5, 5.41) is 12.8. The molecule has 1 atom stereocenters. The third-order valence-corrected chi connectivity index (χ3v) is 5.38. The van der Waals surface area contributed by atoms with Crippen LogP contribution in [0.5, 0.6) is 17.2 Å². The maximum absolute atomic E-state index is 13.0. The van der Waals surface area contributed by atoms with Gasteiger partial charge < -0.3 is 24.6 Å². The van der Waals surface area contributed by atoms with Crippen molar-refractivity contribution in [2.75, 3.05) is 19.9 Å². The van der Waals surface area contributed by atoms with E-state index in [1.165, 1.54) is 23.5 Å². The number of amides is 1. The van der Waals surface area contributed by atoms with Crippen LogP contribution in [-0.2, 0) is 0 Å². The quantitative estimate of drug-likeness (QED) is 0.618. The summed E-state index contributed by atoms with van der Waals surface area (Å²) in [7, 11) is 0. The van der Waals surface area contributed by atoms with Crippen LogP contribution in [0.25, 0.3) is 10.4 Å². The highest BCUT2D eigenvalue weighted by Gasteiger charge is 2.15. The van der Waals surface area contributed by atoms with Gasteiger partial charge in [-0.1, -0.05) is 12.1 Å². The summed E-state index contributed by atoms with van der Waals surface area (Å²) in [6.07, 6.45) is -0.874. The van der Waals surface area contributed by atoms with Gasteiger partial charge in [-0.3, -0.25) is 4.79 Å². The van der Waals surface area contributed by atoms with Gasteiger partial charge in [0.1, 0.15) is 24.3 Å². The molecule has 4 rings (SSSR count). The molecule has 2 N–H and O–H groups in total. The van der Waals surface area contributed by atoms with Crippen LogP contribution < -0.4 is 19.5 Å². The molecule has 6 nitrogen and oxygen atoms in total. The van der Waals surface area contributed by atoms with Crippen molar-refractivity contribution < 1.29 is 28.5 Å². The Bertz CT molecular complexity index is 1000. The minimum absolute atomic E-state index is 0.0190. The number of rotatable bonds is 7. The second kappa shape index (κ2) is 8.50. The lowest BCUT2D eigenvalue weighted by Crippen LogP contribution is -2.34. The average molecular weight is 415 g/mol. The summed E-state index contributed by atoms with van der Waals surface area (Å²) in [5.41, 5.74) is 0.840. The fourth-order valence-corrected chi connectivity index (χ4v) is 3.67. The van der Waals surface area contributed by atoms with Crippen LogP contribution in [0.4, 0.5) is 4.39 Å². The summed E-state index contributed by atoms with van der Waals surface area (Å²) in [6.45, 7) is 0.247. The van der Waals surface area contributed by atoms with E-state index < -0.39 is 6.10 Å². The molecule has 0 spiro atoms. The Morgan fingerprint density at radius 2 is 1.93 bits per heavy atom. The highest BCUT2D eigenvalue weighted by atomic mass is 32.1. The van der Waals surface area contributed by atoms with Crippen LogP contribution in [0.2, 0.25) is 0 Å². The molecule has 150 valence electrons. The van der Waals surface area contributed by atoms with Gasteiger partial charge in [0, 0.05) is 17.5 Å². The Balaban J connectivity index is 1.26. The minimum Gasteiger partial charge on any atom is -0.491 e. The Morgan fingerprint density at radius 1 is 1.14 bits per heavy atom. The van der Waals surface area contributed by atoms with Gasteiger partial charge in [-0.05, 0) is 42.0 Å². The molecule has 0 saturated carbocycles. The van der Waals surface area contributed by atoms with E-state index in [2.05, 4.69) is 5.32 Å². The monoisotopic (exact) mass is 415 g/mol. The van der Waals surface area contributed by atoms with Crippen LogP contribution in [-0.4, -0.2) is 37.1 Å². The van der Waals surface area contributed by atoms with Crippen LogP contribution in [0.1, 0.15) is 9.67 Å². The molecule has 0 saturated heterocycles. The molecule has 1 aliphatic heterocycles. The van der Waals surface area contributed by atoms with E-state index in [9.17, 15) is 14.3 Å². The van der Waals surface area contributed by atoms with Gasteiger partial charge in [-0.25, -0.2) is 4.39 Å². The maximum Gasteiger partial charge on any atom is 0.261 e. The Labute approximate surface area is 170 Å². The predicted octanol–water partition coefficient (Wildman–Crippen LogP) is 3.45. The number of aliphatic hydroxyl groups excluding tert-OH is 1. The van der Waals surface area contributed by atoms with Crippen molar-refractivity contribution in [3.63, 3.8) is 0 Å². The second-order valence-corrected chi connectivity index (χ2v) is 7.44. The molecule has 1 unspecified atom stereocenters. The summed E-state index contributed by atoms with van der Waals surface area (Å²) in [5.74, 6) is 1.20. The van der Waals surface area contributed by atoms with Gasteiger partial charge >= 0.3 is 0 Å². The number of nitrogens with one attached hydrogen (secondary N) is 1. The number of halogens is 1. The normalized spacial score (nSPS) is 13.2. The number of ether oxygens (including phenoxy) is 3. The van der Waals surface area contributed by atoms with Crippen molar-refractivity contribution in [1.82, 2.24) is 5.32 Å². The van der Waals surface area contributed by atoms with Crippen molar-refractivity contribution in [2.24, 2.45) is 0 Å². The number of hydrogen-bond donors (Lipinski definition) is 2. The van der Waals surface area contributed by atoms with E-state index >= 15 is 0 Å². The number of benzene rings is 2. The summed E-state index contributed by atoms with van der Waals surface area (Å²) in [4.78, 5) is 13.7. The lowest BCUT2D eigenvalue weighted by atomic mass is 10.2. The molecule has 2 aromatic carbocycles. The maximum atomic E-state index is 13.0. The highest BCUT2D eigenvalue weighted by molar-refractivity contribution is 7.17. The largest absolute Gasteiger partial charge is 0.491 e. The van der Waals surface area contributed by atoms with E-state index in [0.29, 0.717) is 22.1 Å². The van der Waals surface area contributed by atoms with Crippen molar-refractivity contribution in [3.8, 4) is 27.7 Å². The number of hydrogen-bond acceptors (Lipinski definition) is 6. The van der Waals surface area contributed by atoms with Crippen LogP contribution in [0, 0.1) is 5.82 Å². The van der Waals surface area contributed by atoms with Gasteiger partial charge in [-0.2, -0.15) is 0 Å². The smallest absolute Gasteiger partial charge is 0.261 e. The summed E-state index contributed by atoms with van der Waals surface area (Å²) in [6, 6.07) is 14.8. The lowest BCUT2D eigenvalue weighted by Gasteiger charge is -2.13. The Kier molecular flexibility index (Phi) is 5.64. The topological polar surface area (TPSA) is 77.0 Å². The van der Waals surface area contributed by atoms with E-state index in [1.807, 2.05) is 6.07 Å². The van der Waals surface area contributed by atoms with E-state index in [4.69, 9.17) is 14.2 Å². The molecule has 0 radical (unpaired) electrons. The van der Waals surface area contributed by atoms with Crippen molar-refractivity contribution in [2.45, 2.75) is 6.10 Å². The molecule has 0 bridgehead atoms. The number of fused-ring (bicyclic) bond motifs is 1. The molecule has 1 aromatic heterocycles. The minimum atomic E-state index is -0.874. The van der Waals surface area contributed by atoms with Crippen LogP contribution in [0.15, 0.2) is 54.6 Å². The van der Waals surface area contributed by atoms with Gasteiger partial charge in [0.15, 0.2) is 11.5 Å². The zero-order chi connectivity index (χ0) is 20.2. The van der Waals surface area contributed by atoms with E-state index in [-0.39, 0.29) is 31.7 Å². The third kappa shape index (κ3) is 4.67. The second-order valence-electron chi connectivity index (χ2n) is 6.36. The van der Waals surface area contributed by atoms with Gasteiger partial charge in [0.2, 0.25) is 6.79 Å². The van der Waals surface area contributed by atoms with Gasteiger partial charge in [0.05, 0.1) is 4.88 Å². The Hall–Kier alpha value is -3.10. The molecule has 0 fully saturated rings. The molecular weight excluding hydrogens is 397 g/mol. The summed E-state index contributed by atoms with van der Waals surface area (Å²) < 4.78 is 29.1. The zero-order valence-corrected chi connectivity index (χ0v) is 16.1. The first-order valence-electron chi connectivity index (χ1n) is 8.93. The Morgan fingerprint density at radius 3 is 2.76 bits per heavy atom. The van der Waals surface area contributed by atoms with Crippen molar-refractivity contribution in [1.29, 1.82) is 0 Å². The third-order valence-electron chi connectivity index (χ3n) is 4.24. The molecule has 2 heterocycles. The van der Waals surface area contributed by atoms with Crippen molar-refractivity contribution >= 4 is 17.2 Å². The summed E-state index contributed by atoms with van der Waals surface area (Å²) >= 11 is 1.30. The number of carbonyl (C=O) groups is 1. The fraction of sp³-hybridized carbons (Fsp3) is 0.190. The fourth-order valence-electron chi connectivity index (χ4n) is 2.74. The lowest BCUT2D eigenvalue weighted by molar-refractivity contribution is 0.0846. The molecule has 1 aliphatic rings. The van der Waals surface area contributed by atoms with Crippen LogP contribution in [0.3, 0.4) is 0 Å². The predicted molar refractivity (Wildman–Crippen MR) is 106 cm³/mol. The van der Waals surface area contributed by atoms with Crippen molar-refractivity contribution in [3.05, 3.63) is 65.3 Å². The van der Waals surface area contributed by atoms with E-state index in [1.54, 1.807) is 36.4 Å². The van der Waals surface area contributed by atoms with Crippen LogP contribution >= 0.6 is 11.3 Å². The first kappa shape index (κ1) is 19.2. The molecule has 0 aliphatic carbocycles. The van der Waals surface area contributed by atoms with Gasteiger partial charge in [0.25, 0.3) is 5.91 Å². The first-order valence-corrected chi connectivity index (χ1v) is 9.74. The molecule has 3 aromatic rings. The average Bonchev–Trinajstić information content (AvgIpc) is 3.40.